The Bertz CT molecular complexity index is 1200. The number of aromatic nitrogens is 5. The van der Waals surface area contributed by atoms with Crippen molar-refractivity contribution in [2.45, 2.75) is 32.2 Å². The molecule has 0 saturated carbocycles. The number of carbonyl (C=O) groups excluding carboxylic acids is 1. The number of aromatic amines is 1. The maximum absolute atomic E-state index is 12.9. The average molecular weight is 402 g/mol. The van der Waals surface area contributed by atoms with Crippen LogP contribution in [0.1, 0.15) is 53.4 Å². The SMILES string of the molecule is CC(C)c1nc(C[C@H](NC(=O)c2cn3cccnc3n2)c2ccccc2)cc(=O)[nH]1. The van der Waals surface area contributed by atoms with Gasteiger partial charge in [-0.05, 0) is 11.6 Å². The summed E-state index contributed by atoms with van der Waals surface area (Å²) >= 11 is 0. The van der Waals surface area contributed by atoms with E-state index in [1.807, 2.05) is 44.2 Å². The van der Waals surface area contributed by atoms with Crippen LogP contribution in [0.25, 0.3) is 5.78 Å². The van der Waals surface area contributed by atoms with E-state index in [9.17, 15) is 9.59 Å². The zero-order valence-electron chi connectivity index (χ0n) is 16.7. The molecular formula is C22H22N6O2. The number of nitrogens with zero attached hydrogens (tertiary/aromatic N) is 4. The molecule has 0 saturated heterocycles. The molecule has 0 unspecified atom stereocenters. The topological polar surface area (TPSA) is 105 Å². The number of fused-ring (bicyclic) bond motifs is 1. The number of benzene rings is 1. The Hall–Kier alpha value is -3.81. The minimum atomic E-state index is -0.370. The van der Waals surface area contributed by atoms with Gasteiger partial charge in [0, 0.05) is 37.0 Å². The first-order valence-corrected chi connectivity index (χ1v) is 9.75. The molecule has 4 aromatic rings. The lowest BCUT2D eigenvalue weighted by Crippen LogP contribution is -2.31. The molecule has 8 heteroatoms. The summed E-state index contributed by atoms with van der Waals surface area (Å²) in [6.45, 7) is 3.94. The summed E-state index contributed by atoms with van der Waals surface area (Å²) < 4.78 is 1.69. The highest BCUT2D eigenvalue weighted by Gasteiger charge is 2.20. The maximum atomic E-state index is 12.9. The van der Waals surface area contributed by atoms with Crippen molar-refractivity contribution in [3.8, 4) is 0 Å². The third kappa shape index (κ3) is 4.27. The zero-order valence-corrected chi connectivity index (χ0v) is 16.7. The van der Waals surface area contributed by atoms with Crippen molar-refractivity contribution in [2.24, 2.45) is 0 Å². The standard InChI is InChI=1S/C22H22N6O2/c1-14(2)20-24-16(12-19(29)27-20)11-17(15-7-4-3-5-8-15)25-21(30)18-13-28-10-6-9-23-22(28)26-18/h3-10,12-14,17H,11H2,1-2H3,(H,25,30)(H,24,27,29)/t17-/m0/s1. The lowest BCUT2D eigenvalue weighted by molar-refractivity contribution is 0.0932. The Balaban J connectivity index is 1.64. The summed E-state index contributed by atoms with van der Waals surface area (Å²) in [7, 11) is 0. The van der Waals surface area contributed by atoms with E-state index < -0.39 is 0 Å². The van der Waals surface area contributed by atoms with E-state index >= 15 is 0 Å². The van der Waals surface area contributed by atoms with Gasteiger partial charge in [0.15, 0.2) is 0 Å². The van der Waals surface area contributed by atoms with Crippen LogP contribution in [0.15, 0.2) is 65.8 Å². The fourth-order valence-corrected chi connectivity index (χ4v) is 3.22. The Morgan fingerprint density at radius 3 is 2.70 bits per heavy atom. The van der Waals surface area contributed by atoms with Gasteiger partial charge in [-0.1, -0.05) is 44.2 Å². The van der Waals surface area contributed by atoms with Crippen LogP contribution in [0.5, 0.6) is 0 Å². The number of H-pyrrole nitrogens is 1. The third-order valence-electron chi connectivity index (χ3n) is 4.75. The fraction of sp³-hybridized carbons (Fsp3) is 0.227. The summed E-state index contributed by atoms with van der Waals surface area (Å²) in [5.74, 6) is 0.856. The van der Waals surface area contributed by atoms with Crippen LogP contribution < -0.4 is 10.9 Å². The van der Waals surface area contributed by atoms with Gasteiger partial charge in [0.1, 0.15) is 11.5 Å². The van der Waals surface area contributed by atoms with E-state index in [4.69, 9.17) is 0 Å². The molecular weight excluding hydrogens is 380 g/mol. The van der Waals surface area contributed by atoms with Crippen LogP contribution in [0.4, 0.5) is 0 Å². The van der Waals surface area contributed by atoms with E-state index in [0.29, 0.717) is 23.7 Å². The summed E-state index contributed by atoms with van der Waals surface area (Å²) in [5, 5.41) is 3.03. The van der Waals surface area contributed by atoms with Crippen LogP contribution in [0, 0.1) is 0 Å². The molecule has 1 atom stereocenters. The van der Waals surface area contributed by atoms with Gasteiger partial charge in [-0.2, -0.15) is 0 Å². The van der Waals surface area contributed by atoms with Crippen LogP contribution in [-0.4, -0.2) is 30.2 Å². The highest BCUT2D eigenvalue weighted by Crippen LogP contribution is 2.19. The first-order valence-electron chi connectivity index (χ1n) is 9.75. The number of rotatable bonds is 6. The second-order valence-corrected chi connectivity index (χ2v) is 7.37. The summed E-state index contributed by atoms with van der Waals surface area (Å²) in [5.41, 5.74) is 1.61. The highest BCUT2D eigenvalue weighted by atomic mass is 16.2. The van der Waals surface area contributed by atoms with E-state index in [1.165, 1.54) is 6.07 Å². The van der Waals surface area contributed by atoms with E-state index in [1.54, 1.807) is 29.1 Å². The Kier molecular flexibility index (Phi) is 5.38. The molecule has 2 N–H and O–H groups in total. The first kappa shape index (κ1) is 19.5. The maximum Gasteiger partial charge on any atom is 0.272 e. The zero-order chi connectivity index (χ0) is 21.1. The van der Waals surface area contributed by atoms with Gasteiger partial charge in [0.2, 0.25) is 5.78 Å². The van der Waals surface area contributed by atoms with E-state index in [-0.39, 0.29) is 29.1 Å². The molecule has 4 rings (SSSR count). The van der Waals surface area contributed by atoms with Gasteiger partial charge in [0.25, 0.3) is 11.5 Å². The molecule has 0 aliphatic carbocycles. The van der Waals surface area contributed by atoms with Gasteiger partial charge in [-0.15, -0.1) is 0 Å². The lowest BCUT2D eigenvalue weighted by atomic mass is 10.0. The lowest BCUT2D eigenvalue weighted by Gasteiger charge is -2.19. The predicted molar refractivity (Wildman–Crippen MR) is 112 cm³/mol. The predicted octanol–water partition coefficient (Wildman–Crippen LogP) is 2.65. The number of nitrogens with one attached hydrogen (secondary N) is 2. The summed E-state index contributed by atoms with van der Waals surface area (Å²) in [6, 6.07) is 12.5. The van der Waals surface area contributed by atoms with Gasteiger partial charge < -0.3 is 10.3 Å². The molecule has 1 amide bonds. The molecule has 30 heavy (non-hydrogen) atoms. The second-order valence-electron chi connectivity index (χ2n) is 7.37. The molecule has 3 aromatic heterocycles. The number of hydrogen-bond acceptors (Lipinski definition) is 5. The first-order chi connectivity index (χ1) is 14.5. The van der Waals surface area contributed by atoms with E-state index in [2.05, 4.69) is 25.3 Å². The Labute approximate surface area is 173 Å². The van der Waals surface area contributed by atoms with Crippen LogP contribution in [-0.2, 0) is 6.42 Å². The molecule has 0 aliphatic heterocycles. The molecule has 3 heterocycles. The average Bonchev–Trinajstić information content (AvgIpc) is 3.18. The summed E-state index contributed by atoms with van der Waals surface area (Å²) in [6.07, 6.45) is 5.43. The minimum absolute atomic E-state index is 0.0906. The van der Waals surface area contributed by atoms with Crippen molar-refractivity contribution in [1.29, 1.82) is 0 Å². The van der Waals surface area contributed by atoms with Gasteiger partial charge in [-0.25, -0.2) is 15.0 Å². The number of amides is 1. The summed E-state index contributed by atoms with van der Waals surface area (Å²) in [4.78, 5) is 40.8. The fourth-order valence-electron chi connectivity index (χ4n) is 3.22. The largest absolute Gasteiger partial charge is 0.343 e. The third-order valence-corrected chi connectivity index (χ3v) is 4.75. The molecule has 152 valence electrons. The molecule has 1 aromatic carbocycles. The van der Waals surface area contributed by atoms with Crippen molar-refractivity contribution in [3.63, 3.8) is 0 Å². The molecule has 0 bridgehead atoms. The molecule has 8 nitrogen and oxygen atoms in total. The molecule has 0 radical (unpaired) electrons. The highest BCUT2D eigenvalue weighted by molar-refractivity contribution is 5.93. The molecule has 0 spiro atoms. The van der Waals surface area contributed by atoms with Gasteiger partial charge >= 0.3 is 0 Å². The van der Waals surface area contributed by atoms with Crippen LogP contribution in [0.3, 0.4) is 0 Å². The smallest absolute Gasteiger partial charge is 0.272 e. The van der Waals surface area contributed by atoms with E-state index in [0.717, 1.165) is 5.56 Å². The van der Waals surface area contributed by atoms with Gasteiger partial charge in [-0.3, -0.25) is 14.0 Å². The van der Waals surface area contributed by atoms with Crippen molar-refractivity contribution < 1.29 is 4.79 Å². The van der Waals surface area contributed by atoms with Crippen molar-refractivity contribution in [3.05, 3.63) is 94.2 Å². The van der Waals surface area contributed by atoms with Crippen molar-refractivity contribution in [1.82, 2.24) is 29.7 Å². The van der Waals surface area contributed by atoms with Crippen molar-refractivity contribution >= 4 is 11.7 Å². The molecule has 0 fully saturated rings. The van der Waals surface area contributed by atoms with Crippen LogP contribution >= 0.6 is 0 Å². The number of carbonyl (C=O) groups is 1. The van der Waals surface area contributed by atoms with Gasteiger partial charge in [0.05, 0.1) is 11.7 Å². The normalized spacial score (nSPS) is 12.2. The minimum Gasteiger partial charge on any atom is -0.343 e. The quantitative estimate of drug-likeness (QED) is 0.516. The number of imidazole rings is 1. The van der Waals surface area contributed by atoms with Crippen molar-refractivity contribution in [2.75, 3.05) is 0 Å². The second kappa shape index (κ2) is 8.28. The monoisotopic (exact) mass is 402 g/mol. The molecule has 0 aliphatic rings. The van der Waals surface area contributed by atoms with Crippen LogP contribution in [0.2, 0.25) is 0 Å². The Morgan fingerprint density at radius 2 is 1.97 bits per heavy atom. The number of hydrogen-bond donors (Lipinski definition) is 2. The Morgan fingerprint density at radius 1 is 1.17 bits per heavy atom.